The average Bonchev–Trinajstić information content (AvgIpc) is 2.53. The first-order chi connectivity index (χ1) is 7.13. The van der Waals surface area contributed by atoms with Crippen molar-refractivity contribution in [3.63, 3.8) is 0 Å². The fourth-order valence-electron chi connectivity index (χ4n) is 1.56. The van der Waals surface area contributed by atoms with E-state index >= 15 is 0 Å². The Hall–Kier alpha value is -0.740. The van der Waals surface area contributed by atoms with Crippen LogP contribution in [0.4, 0.5) is 0 Å². The Balaban J connectivity index is 2.41. The van der Waals surface area contributed by atoms with Gasteiger partial charge in [0.25, 0.3) is 5.91 Å². The number of likely N-dealkylation sites (N-methyl/N-ethyl adjacent to an activating group) is 1. The molecular formula is C11H13NOS2. The van der Waals surface area contributed by atoms with Gasteiger partial charge in [-0.3, -0.25) is 4.79 Å². The lowest BCUT2D eigenvalue weighted by Gasteiger charge is -2.12. The van der Waals surface area contributed by atoms with E-state index in [9.17, 15) is 4.79 Å². The molecule has 0 saturated carbocycles. The summed E-state index contributed by atoms with van der Waals surface area (Å²) in [4.78, 5) is 14.9. The highest BCUT2D eigenvalue weighted by Crippen LogP contribution is 2.39. The minimum Gasteiger partial charge on any atom is -0.355 e. The normalized spacial score (nSPS) is 14.5. The Bertz CT molecular complexity index is 446. The zero-order valence-corrected chi connectivity index (χ0v) is 10.6. The predicted molar refractivity (Wildman–Crippen MR) is 67.1 cm³/mol. The first-order valence-electron chi connectivity index (χ1n) is 4.79. The van der Waals surface area contributed by atoms with Crippen molar-refractivity contribution < 1.29 is 4.79 Å². The molecule has 0 bridgehead atoms. The van der Waals surface area contributed by atoms with Gasteiger partial charge in [0.15, 0.2) is 0 Å². The van der Waals surface area contributed by atoms with Crippen molar-refractivity contribution in [3.8, 4) is 0 Å². The molecule has 4 heteroatoms. The molecule has 1 aliphatic rings. The fourth-order valence-corrected chi connectivity index (χ4v) is 3.96. The number of thioether (sulfide) groups is 1. The smallest absolute Gasteiger partial charge is 0.257 e. The van der Waals surface area contributed by atoms with Crippen molar-refractivity contribution >= 4 is 35.1 Å². The van der Waals surface area contributed by atoms with E-state index in [1.54, 1.807) is 30.1 Å². The molecule has 1 aromatic rings. The summed E-state index contributed by atoms with van der Waals surface area (Å²) in [5.41, 5.74) is 2.78. The number of nitrogens with one attached hydrogen (secondary N) is 1. The largest absolute Gasteiger partial charge is 0.355 e. The zero-order valence-electron chi connectivity index (χ0n) is 9.01. The molecule has 0 unspecified atom stereocenters. The second kappa shape index (κ2) is 4.02. The Morgan fingerprint density at radius 1 is 1.47 bits per heavy atom. The summed E-state index contributed by atoms with van der Waals surface area (Å²) in [6.45, 7) is 4.29. The van der Waals surface area contributed by atoms with Gasteiger partial charge in [0, 0.05) is 22.6 Å². The number of fused-ring (bicyclic) bond motifs is 1. The van der Waals surface area contributed by atoms with Crippen LogP contribution in [0.5, 0.6) is 0 Å². The summed E-state index contributed by atoms with van der Waals surface area (Å²) < 4.78 is 0. The first kappa shape index (κ1) is 10.8. The molecular weight excluding hydrogens is 226 g/mol. The van der Waals surface area contributed by atoms with E-state index < -0.39 is 0 Å². The van der Waals surface area contributed by atoms with E-state index in [4.69, 9.17) is 0 Å². The predicted octanol–water partition coefficient (Wildman–Crippen LogP) is 2.70. The maximum absolute atomic E-state index is 11.5. The minimum atomic E-state index is 0.0226. The summed E-state index contributed by atoms with van der Waals surface area (Å²) in [5, 5.41) is 2.66. The average molecular weight is 239 g/mol. The van der Waals surface area contributed by atoms with Gasteiger partial charge in [0.05, 0.1) is 4.91 Å². The van der Waals surface area contributed by atoms with Crippen LogP contribution in [0, 0.1) is 13.8 Å². The van der Waals surface area contributed by atoms with Crippen molar-refractivity contribution in [2.75, 3.05) is 7.05 Å². The Labute approximate surface area is 97.8 Å². The van der Waals surface area contributed by atoms with Gasteiger partial charge in [0.2, 0.25) is 0 Å². The van der Waals surface area contributed by atoms with Gasteiger partial charge in [-0.2, -0.15) is 0 Å². The molecule has 0 aromatic carbocycles. The van der Waals surface area contributed by atoms with Crippen molar-refractivity contribution in [1.82, 2.24) is 5.32 Å². The monoisotopic (exact) mass is 239 g/mol. The van der Waals surface area contributed by atoms with Crippen molar-refractivity contribution in [2.45, 2.75) is 19.6 Å². The highest BCUT2D eigenvalue weighted by atomic mass is 32.2. The number of carbonyl (C=O) groups excluding carboxylic acids is 1. The van der Waals surface area contributed by atoms with Gasteiger partial charge in [-0.05, 0) is 31.1 Å². The third kappa shape index (κ3) is 1.84. The van der Waals surface area contributed by atoms with Gasteiger partial charge in [-0.25, -0.2) is 0 Å². The number of thiophene rings is 1. The summed E-state index contributed by atoms with van der Waals surface area (Å²) in [6, 6.07) is 0. The van der Waals surface area contributed by atoms with E-state index in [1.807, 2.05) is 6.08 Å². The number of aryl methyl sites for hydroxylation is 1. The second-order valence-corrected chi connectivity index (χ2v) is 5.78. The molecule has 0 aliphatic carbocycles. The summed E-state index contributed by atoms with van der Waals surface area (Å²) >= 11 is 3.40. The molecule has 1 aromatic heterocycles. The summed E-state index contributed by atoms with van der Waals surface area (Å²) in [7, 11) is 1.67. The van der Waals surface area contributed by atoms with Crippen LogP contribution in [0.15, 0.2) is 4.91 Å². The third-order valence-electron chi connectivity index (χ3n) is 2.63. The van der Waals surface area contributed by atoms with Gasteiger partial charge in [-0.15, -0.1) is 23.1 Å². The summed E-state index contributed by atoms with van der Waals surface area (Å²) in [5.74, 6) is 0.944. The maximum Gasteiger partial charge on any atom is 0.257 e. The lowest BCUT2D eigenvalue weighted by molar-refractivity contribution is -0.116. The summed E-state index contributed by atoms with van der Waals surface area (Å²) in [6.07, 6.45) is 2.01. The van der Waals surface area contributed by atoms with Crippen LogP contribution in [-0.4, -0.2) is 13.0 Å². The number of amides is 1. The molecule has 1 N–H and O–H groups in total. The van der Waals surface area contributed by atoms with Crippen LogP contribution < -0.4 is 5.32 Å². The molecule has 15 heavy (non-hydrogen) atoms. The van der Waals surface area contributed by atoms with Gasteiger partial charge < -0.3 is 5.32 Å². The molecule has 2 nitrogen and oxygen atoms in total. The SMILES string of the molecule is CNC(=O)C1=Cc2sc(C)c(C)c2CS1. The molecule has 1 amide bonds. The van der Waals surface area contributed by atoms with Crippen molar-refractivity contribution in [3.05, 3.63) is 25.8 Å². The topological polar surface area (TPSA) is 29.1 Å². The maximum atomic E-state index is 11.5. The number of carbonyl (C=O) groups is 1. The van der Waals surface area contributed by atoms with Gasteiger partial charge in [0.1, 0.15) is 0 Å². The molecule has 0 fully saturated rings. The first-order valence-corrected chi connectivity index (χ1v) is 6.59. The van der Waals surface area contributed by atoms with Crippen molar-refractivity contribution in [2.24, 2.45) is 0 Å². The standard InChI is InChI=1S/C11H13NOS2/c1-6-7(2)15-9-4-10(11(13)12-3)14-5-8(6)9/h4H,5H2,1-3H3,(H,12,13). The molecule has 0 spiro atoms. The van der Waals surface area contributed by atoms with E-state index in [0.717, 1.165) is 10.7 Å². The molecule has 0 radical (unpaired) electrons. The highest BCUT2D eigenvalue weighted by molar-refractivity contribution is 8.03. The van der Waals surface area contributed by atoms with E-state index in [1.165, 1.54) is 20.9 Å². The number of rotatable bonds is 1. The fraction of sp³-hybridized carbons (Fsp3) is 0.364. The Morgan fingerprint density at radius 2 is 2.20 bits per heavy atom. The third-order valence-corrected chi connectivity index (χ3v) is 4.87. The second-order valence-electron chi connectivity index (χ2n) is 3.50. The van der Waals surface area contributed by atoms with Crippen LogP contribution in [0.3, 0.4) is 0 Å². The lowest BCUT2D eigenvalue weighted by atomic mass is 10.1. The van der Waals surface area contributed by atoms with Crippen LogP contribution in [0.25, 0.3) is 6.08 Å². The molecule has 2 heterocycles. The highest BCUT2D eigenvalue weighted by Gasteiger charge is 2.19. The molecule has 2 rings (SSSR count). The van der Waals surface area contributed by atoms with Gasteiger partial charge >= 0.3 is 0 Å². The Morgan fingerprint density at radius 3 is 2.87 bits per heavy atom. The Kier molecular flexibility index (Phi) is 2.89. The quantitative estimate of drug-likeness (QED) is 0.816. The van der Waals surface area contributed by atoms with Crippen molar-refractivity contribution in [1.29, 1.82) is 0 Å². The van der Waals surface area contributed by atoms with E-state index in [0.29, 0.717) is 0 Å². The minimum absolute atomic E-state index is 0.0226. The number of hydrogen-bond donors (Lipinski definition) is 1. The molecule has 1 aliphatic heterocycles. The van der Waals surface area contributed by atoms with Crippen LogP contribution in [0.1, 0.15) is 20.9 Å². The molecule has 0 saturated heterocycles. The van der Waals surface area contributed by atoms with E-state index in [2.05, 4.69) is 19.2 Å². The lowest BCUT2D eigenvalue weighted by Crippen LogP contribution is -2.19. The molecule has 80 valence electrons. The number of hydrogen-bond acceptors (Lipinski definition) is 3. The van der Waals surface area contributed by atoms with Gasteiger partial charge in [-0.1, -0.05) is 0 Å². The van der Waals surface area contributed by atoms with Crippen LogP contribution in [0.2, 0.25) is 0 Å². The molecule has 0 atom stereocenters. The van der Waals surface area contributed by atoms with E-state index in [-0.39, 0.29) is 5.91 Å². The zero-order chi connectivity index (χ0) is 11.0. The van der Waals surface area contributed by atoms with Crippen LogP contribution >= 0.6 is 23.1 Å². The van der Waals surface area contributed by atoms with Crippen LogP contribution in [-0.2, 0) is 10.5 Å².